The van der Waals surface area contributed by atoms with Gasteiger partial charge < -0.3 is 5.11 Å². The predicted octanol–water partition coefficient (Wildman–Crippen LogP) is 16.1. The van der Waals surface area contributed by atoms with E-state index in [0.717, 1.165) is 85.3 Å². The average molecular weight is 1020 g/mol. The number of imidazole rings is 1. The molecule has 0 atom stereocenters. The van der Waals surface area contributed by atoms with E-state index in [-0.39, 0.29) is 49.5 Å². The zero-order valence-corrected chi connectivity index (χ0v) is 41.6. The molecule has 0 bridgehead atoms. The van der Waals surface area contributed by atoms with Gasteiger partial charge in [0.25, 0.3) is 0 Å². The van der Waals surface area contributed by atoms with Crippen LogP contribution in [-0.4, -0.2) is 19.6 Å². The normalized spacial score (nSPS) is 12.0. The Balaban J connectivity index is 0.00000612. The second-order valence-electron chi connectivity index (χ2n) is 19.9. The third kappa shape index (κ3) is 9.31. The molecule has 0 aliphatic heterocycles. The number of rotatable bonds is 10. The van der Waals surface area contributed by atoms with E-state index in [9.17, 15) is 5.11 Å². The molecular weight excluding hydrogens is 962 g/mol. The number of phenols is 1. The van der Waals surface area contributed by atoms with Crippen molar-refractivity contribution in [3.8, 4) is 67.5 Å². The maximum Gasteiger partial charge on any atom is 0.148 e. The van der Waals surface area contributed by atoms with Crippen LogP contribution < -0.4 is 0 Å². The summed E-state index contributed by atoms with van der Waals surface area (Å²) in [6.07, 6.45) is 3.95. The number of hydrogen-bond donors (Lipinski definition) is 1. The Morgan fingerprint density at radius 1 is 0.625 bits per heavy atom. The molecule has 0 saturated heterocycles. The van der Waals surface area contributed by atoms with Gasteiger partial charge in [0.1, 0.15) is 11.6 Å². The van der Waals surface area contributed by atoms with E-state index in [0.29, 0.717) is 5.82 Å². The largest absolute Gasteiger partial charge is 0.507 e. The van der Waals surface area contributed by atoms with Crippen molar-refractivity contribution in [1.82, 2.24) is 14.5 Å². The molecule has 330 valence electrons. The van der Waals surface area contributed by atoms with E-state index >= 15 is 0 Å². The quantitative estimate of drug-likeness (QED) is 0.139. The molecule has 0 radical (unpaired) electrons. The zero-order chi connectivity index (χ0) is 44.8. The minimum Gasteiger partial charge on any atom is -0.507 e. The van der Waals surface area contributed by atoms with Gasteiger partial charge in [-0.25, -0.2) is 4.98 Å². The van der Waals surface area contributed by atoms with Gasteiger partial charge in [0, 0.05) is 38.5 Å². The first-order valence-electron chi connectivity index (χ1n) is 22.7. The molecule has 8 rings (SSSR count). The van der Waals surface area contributed by atoms with Crippen LogP contribution in [0.1, 0.15) is 122 Å². The van der Waals surface area contributed by atoms with Gasteiger partial charge in [-0.15, -0.1) is 29.3 Å². The van der Waals surface area contributed by atoms with Gasteiger partial charge in [-0.05, 0) is 98.4 Å². The minimum absolute atomic E-state index is 0. The van der Waals surface area contributed by atoms with E-state index in [2.05, 4.69) is 214 Å². The van der Waals surface area contributed by atoms with Crippen LogP contribution in [0.15, 0.2) is 134 Å². The SMILES string of the molecule is CCCc1ccc(-n2c(-c3cc(C(C)C)cc(C(C)C)c3O)nc3c(-c4[c-]c(-c5cc(-c6ccc(C(C)(C)C)cc6)ccn5)cc(C(C)(C)C)c4)cccc32)c(-c2ccccc2)c1.[Pt]. The van der Waals surface area contributed by atoms with Gasteiger partial charge in [-0.2, -0.15) is 0 Å². The van der Waals surface area contributed by atoms with Crippen molar-refractivity contribution in [2.75, 3.05) is 0 Å². The van der Waals surface area contributed by atoms with Crippen molar-refractivity contribution in [2.45, 2.75) is 112 Å². The Morgan fingerprint density at radius 2 is 1.33 bits per heavy atom. The number of para-hydroxylation sites is 1. The molecular formula is C59H62N3OPt-. The molecule has 0 amide bonds. The first-order chi connectivity index (χ1) is 30.0. The Labute approximate surface area is 396 Å². The molecule has 8 aromatic rings. The number of aromatic hydroxyl groups is 1. The summed E-state index contributed by atoms with van der Waals surface area (Å²) in [7, 11) is 0. The van der Waals surface area contributed by atoms with E-state index in [1.807, 2.05) is 6.20 Å². The van der Waals surface area contributed by atoms with Crippen LogP contribution in [0.2, 0.25) is 0 Å². The third-order valence-corrected chi connectivity index (χ3v) is 12.4. The Hall–Kier alpha value is -5.57. The molecule has 2 aromatic heterocycles. The topological polar surface area (TPSA) is 50.9 Å². The van der Waals surface area contributed by atoms with Crippen LogP contribution in [0.25, 0.3) is 72.7 Å². The smallest absolute Gasteiger partial charge is 0.148 e. The molecule has 2 heterocycles. The summed E-state index contributed by atoms with van der Waals surface area (Å²) in [4.78, 5) is 10.6. The number of nitrogens with zero attached hydrogens (tertiary/aromatic N) is 3. The van der Waals surface area contributed by atoms with E-state index < -0.39 is 0 Å². The fourth-order valence-corrected chi connectivity index (χ4v) is 8.64. The summed E-state index contributed by atoms with van der Waals surface area (Å²) in [5.41, 5.74) is 17.6. The van der Waals surface area contributed by atoms with Crippen LogP contribution in [-0.2, 0) is 38.3 Å². The molecule has 4 nitrogen and oxygen atoms in total. The van der Waals surface area contributed by atoms with E-state index in [1.165, 1.54) is 22.3 Å². The monoisotopic (exact) mass is 1020 g/mol. The number of hydrogen-bond acceptors (Lipinski definition) is 3. The van der Waals surface area contributed by atoms with Gasteiger partial charge in [-0.1, -0.05) is 179 Å². The van der Waals surface area contributed by atoms with Crippen molar-refractivity contribution < 1.29 is 26.2 Å². The van der Waals surface area contributed by atoms with Crippen molar-refractivity contribution >= 4 is 11.0 Å². The zero-order valence-electron chi connectivity index (χ0n) is 39.4. The minimum atomic E-state index is -0.154. The van der Waals surface area contributed by atoms with Crippen LogP contribution >= 0.6 is 0 Å². The number of pyridine rings is 1. The van der Waals surface area contributed by atoms with E-state index in [1.54, 1.807) is 0 Å². The number of benzene rings is 6. The Morgan fingerprint density at radius 3 is 1.98 bits per heavy atom. The van der Waals surface area contributed by atoms with E-state index in [4.69, 9.17) is 9.97 Å². The second-order valence-corrected chi connectivity index (χ2v) is 19.9. The van der Waals surface area contributed by atoms with Crippen molar-refractivity contribution in [2.24, 2.45) is 0 Å². The van der Waals surface area contributed by atoms with Crippen molar-refractivity contribution in [3.63, 3.8) is 0 Å². The maximum absolute atomic E-state index is 12.3. The Bertz CT molecular complexity index is 2930. The number of aryl methyl sites for hydroxylation is 1. The van der Waals surface area contributed by atoms with Crippen molar-refractivity contribution in [3.05, 3.63) is 167 Å². The van der Waals surface area contributed by atoms with Gasteiger partial charge in [0.05, 0.1) is 22.3 Å². The molecule has 0 aliphatic rings. The molecule has 64 heavy (non-hydrogen) atoms. The summed E-state index contributed by atoms with van der Waals surface area (Å²) in [6.45, 7) is 24.5. The van der Waals surface area contributed by atoms with Crippen LogP contribution in [0.4, 0.5) is 0 Å². The van der Waals surface area contributed by atoms with Gasteiger partial charge in [0.2, 0.25) is 0 Å². The third-order valence-electron chi connectivity index (χ3n) is 12.4. The Kier molecular flexibility index (Phi) is 13.4. The molecule has 5 heteroatoms. The number of fused-ring (bicyclic) bond motifs is 1. The first-order valence-corrected chi connectivity index (χ1v) is 22.7. The molecule has 0 spiro atoms. The molecule has 1 N–H and O–H groups in total. The number of aromatic nitrogens is 3. The van der Waals surface area contributed by atoms with Gasteiger partial charge in [0.15, 0.2) is 0 Å². The predicted molar refractivity (Wildman–Crippen MR) is 266 cm³/mol. The summed E-state index contributed by atoms with van der Waals surface area (Å²) < 4.78 is 2.28. The molecule has 0 aliphatic carbocycles. The number of phenolic OH excluding ortho intramolecular Hbond substituents is 1. The molecule has 0 saturated carbocycles. The van der Waals surface area contributed by atoms with Gasteiger partial charge in [-0.3, -0.25) is 9.55 Å². The van der Waals surface area contributed by atoms with Crippen LogP contribution in [0, 0.1) is 6.07 Å². The summed E-state index contributed by atoms with van der Waals surface area (Å²) >= 11 is 0. The van der Waals surface area contributed by atoms with Crippen LogP contribution in [0.5, 0.6) is 5.75 Å². The summed E-state index contributed by atoms with van der Waals surface area (Å²) in [6, 6.07) is 49.8. The van der Waals surface area contributed by atoms with Crippen molar-refractivity contribution in [1.29, 1.82) is 0 Å². The average Bonchev–Trinajstić information content (AvgIpc) is 3.65. The standard InChI is InChI=1S/C59H62N3O.Pt/c1-12-17-39-22-27-53(50(30-39)41-18-14-13-15-19-41)62-54-21-16-20-48(55(54)61-57(62)51-35-43(37(2)3)34-49(38(4)5)56(51)63)44-31-45(33-47(32-44)59(9,10)11)52-36-42(28-29-60-52)40-23-25-46(26-24-40)58(6,7)8;/h13-16,18-30,32-38,63H,12,17H2,1-11H3;/q-1;. The van der Waals surface area contributed by atoms with Gasteiger partial charge >= 0.3 is 0 Å². The molecule has 0 unspecified atom stereocenters. The molecule has 6 aromatic carbocycles. The second kappa shape index (κ2) is 18.5. The first kappa shape index (κ1) is 46.4. The summed E-state index contributed by atoms with van der Waals surface area (Å²) in [5.74, 6) is 1.36. The molecule has 0 fully saturated rings. The maximum atomic E-state index is 12.3. The van der Waals surface area contributed by atoms with Crippen LogP contribution in [0.3, 0.4) is 0 Å². The fourth-order valence-electron chi connectivity index (χ4n) is 8.64. The fraction of sp³-hybridized carbons (Fsp3) is 0.288. The summed E-state index contributed by atoms with van der Waals surface area (Å²) in [5, 5.41) is 12.3.